The van der Waals surface area contributed by atoms with Crippen molar-refractivity contribution < 1.29 is 14.3 Å². The number of unbranched alkanes of at least 4 members (excludes halogenated alkanes) is 1. The van der Waals surface area contributed by atoms with Crippen LogP contribution in [0.4, 0.5) is 0 Å². The summed E-state index contributed by atoms with van der Waals surface area (Å²) in [6.45, 7) is 8.33. The maximum atomic E-state index is 13.1. The first-order valence-corrected chi connectivity index (χ1v) is 10.9. The average molecular weight is 426 g/mol. The standard InChI is InChI=1S/C25H35N3O3/c1-4-6-14-24(29)27(15-5-2)21-25(30)28(17-18-31-3)20-23-13-10-16-26(23)19-22-11-8-7-9-12-22/h5,7-13,16H,2,4,6,14-15,17-21H2,1,3H3. The number of benzene rings is 1. The Morgan fingerprint density at radius 2 is 1.87 bits per heavy atom. The lowest BCUT2D eigenvalue weighted by atomic mass is 10.2. The maximum Gasteiger partial charge on any atom is 0.242 e. The molecular weight excluding hydrogens is 390 g/mol. The predicted octanol–water partition coefficient (Wildman–Crippen LogP) is 3.72. The van der Waals surface area contributed by atoms with Gasteiger partial charge in [0.1, 0.15) is 6.54 Å². The van der Waals surface area contributed by atoms with E-state index in [1.807, 2.05) is 43.5 Å². The highest BCUT2D eigenvalue weighted by molar-refractivity contribution is 5.85. The van der Waals surface area contributed by atoms with Crippen LogP contribution in [-0.2, 0) is 27.4 Å². The number of aromatic nitrogens is 1. The number of hydrogen-bond acceptors (Lipinski definition) is 3. The maximum absolute atomic E-state index is 13.1. The van der Waals surface area contributed by atoms with Crippen LogP contribution >= 0.6 is 0 Å². The molecule has 0 bridgehead atoms. The molecule has 0 radical (unpaired) electrons. The molecule has 1 aromatic heterocycles. The minimum absolute atomic E-state index is 0.00533. The first-order chi connectivity index (χ1) is 15.1. The summed E-state index contributed by atoms with van der Waals surface area (Å²) in [7, 11) is 1.62. The third-order valence-corrected chi connectivity index (χ3v) is 5.16. The lowest BCUT2D eigenvalue weighted by Crippen LogP contribution is -2.44. The van der Waals surface area contributed by atoms with Gasteiger partial charge >= 0.3 is 0 Å². The van der Waals surface area contributed by atoms with Crippen LogP contribution in [-0.4, -0.2) is 59.5 Å². The topological polar surface area (TPSA) is 54.8 Å². The number of methoxy groups -OCH3 is 1. The van der Waals surface area contributed by atoms with E-state index in [9.17, 15) is 9.59 Å². The second kappa shape index (κ2) is 13.4. The number of ether oxygens (including phenoxy) is 1. The second-order valence-corrected chi connectivity index (χ2v) is 7.59. The largest absolute Gasteiger partial charge is 0.383 e. The molecule has 2 aromatic rings. The van der Waals surface area contributed by atoms with Gasteiger partial charge in [-0.25, -0.2) is 0 Å². The highest BCUT2D eigenvalue weighted by Gasteiger charge is 2.21. The molecule has 0 spiro atoms. The van der Waals surface area contributed by atoms with Gasteiger partial charge in [0.15, 0.2) is 0 Å². The second-order valence-electron chi connectivity index (χ2n) is 7.59. The molecular formula is C25H35N3O3. The van der Waals surface area contributed by atoms with Crippen LogP contribution in [0, 0.1) is 0 Å². The highest BCUT2D eigenvalue weighted by atomic mass is 16.5. The van der Waals surface area contributed by atoms with Gasteiger partial charge in [0.25, 0.3) is 0 Å². The van der Waals surface area contributed by atoms with E-state index in [0.717, 1.165) is 25.1 Å². The molecule has 2 amide bonds. The SMILES string of the molecule is C=CCN(CC(=O)N(CCOC)Cc1cccn1Cc1ccccc1)C(=O)CCCC. The quantitative estimate of drug-likeness (QED) is 0.434. The number of rotatable bonds is 14. The zero-order valence-electron chi connectivity index (χ0n) is 18.8. The van der Waals surface area contributed by atoms with E-state index in [2.05, 4.69) is 23.3 Å². The number of carbonyl (C=O) groups excluding carboxylic acids is 2. The molecule has 1 aromatic carbocycles. The fourth-order valence-electron chi connectivity index (χ4n) is 3.38. The monoisotopic (exact) mass is 425 g/mol. The summed E-state index contributed by atoms with van der Waals surface area (Å²) < 4.78 is 7.37. The molecule has 0 aliphatic carbocycles. The number of amides is 2. The lowest BCUT2D eigenvalue weighted by Gasteiger charge is -2.27. The molecule has 6 heteroatoms. The van der Waals surface area contributed by atoms with Gasteiger partial charge in [-0.05, 0) is 24.1 Å². The molecule has 1 heterocycles. The van der Waals surface area contributed by atoms with Gasteiger partial charge in [0, 0.05) is 45.1 Å². The van der Waals surface area contributed by atoms with Crippen molar-refractivity contribution in [2.75, 3.05) is 33.4 Å². The number of nitrogens with zero attached hydrogens (tertiary/aromatic N) is 3. The van der Waals surface area contributed by atoms with E-state index >= 15 is 0 Å². The molecule has 2 rings (SSSR count). The van der Waals surface area contributed by atoms with Crippen LogP contribution in [0.3, 0.4) is 0 Å². The smallest absolute Gasteiger partial charge is 0.242 e. The van der Waals surface area contributed by atoms with Crippen molar-refractivity contribution >= 4 is 11.8 Å². The summed E-state index contributed by atoms with van der Waals surface area (Å²) in [5.41, 5.74) is 2.24. The third-order valence-electron chi connectivity index (χ3n) is 5.16. The molecule has 0 unspecified atom stereocenters. The van der Waals surface area contributed by atoms with Crippen LogP contribution < -0.4 is 0 Å². The van der Waals surface area contributed by atoms with Crippen LogP contribution in [0.1, 0.15) is 37.4 Å². The molecule has 0 saturated heterocycles. The summed E-state index contributed by atoms with van der Waals surface area (Å²) in [5, 5.41) is 0. The van der Waals surface area contributed by atoms with Crippen molar-refractivity contribution in [3.05, 3.63) is 72.6 Å². The first-order valence-electron chi connectivity index (χ1n) is 10.9. The minimum Gasteiger partial charge on any atom is -0.383 e. The normalized spacial score (nSPS) is 10.6. The van der Waals surface area contributed by atoms with Crippen molar-refractivity contribution in [2.45, 2.75) is 39.3 Å². The Kier molecular flexibility index (Phi) is 10.6. The number of carbonyl (C=O) groups is 2. The summed E-state index contributed by atoms with van der Waals surface area (Å²) in [6, 6.07) is 14.3. The summed E-state index contributed by atoms with van der Waals surface area (Å²) >= 11 is 0. The Hall–Kier alpha value is -2.86. The fourth-order valence-corrected chi connectivity index (χ4v) is 3.38. The Morgan fingerprint density at radius 1 is 1.10 bits per heavy atom. The van der Waals surface area contributed by atoms with E-state index in [-0.39, 0.29) is 18.4 Å². The lowest BCUT2D eigenvalue weighted by molar-refractivity contribution is -0.141. The Morgan fingerprint density at radius 3 is 2.55 bits per heavy atom. The Labute approximate surface area is 186 Å². The van der Waals surface area contributed by atoms with E-state index in [4.69, 9.17) is 4.74 Å². The van der Waals surface area contributed by atoms with E-state index in [1.54, 1.807) is 23.0 Å². The molecule has 0 aliphatic heterocycles. The zero-order chi connectivity index (χ0) is 22.5. The molecule has 31 heavy (non-hydrogen) atoms. The molecule has 6 nitrogen and oxygen atoms in total. The minimum atomic E-state index is -0.0868. The van der Waals surface area contributed by atoms with Crippen LogP contribution in [0.5, 0.6) is 0 Å². The third kappa shape index (κ3) is 8.06. The van der Waals surface area contributed by atoms with E-state index in [1.165, 1.54) is 5.56 Å². The van der Waals surface area contributed by atoms with Crippen molar-refractivity contribution in [1.82, 2.24) is 14.4 Å². The van der Waals surface area contributed by atoms with Crippen LogP contribution in [0.25, 0.3) is 0 Å². The predicted molar refractivity (Wildman–Crippen MR) is 124 cm³/mol. The van der Waals surface area contributed by atoms with Gasteiger partial charge in [0.05, 0.1) is 13.2 Å². The summed E-state index contributed by atoms with van der Waals surface area (Å²) in [4.78, 5) is 29.0. The van der Waals surface area contributed by atoms with Gasteiger partial charge in [-0.3, -0.25) is 9.59 Å². The van der Waals surface area contributed by atoms with Crippen molar-refractivity contribution in [2.24, 2.45) is 0 Å². The van der Waals surface area contributed by atoms with Gasteiger partial charge in [-0.2, -0.15) is 0 Å². The van der Waals surface area contributed by atoms with Crippen LogP contribution in [0.15, 0.2) is 61.3 Å². The van der Waals surface area contributed by atoms with Gasteiger partial charge < -0.3 is 19.1 Å². The van der Waals surface area contributed by atoms with Crippen molar-refractivity contribution in [3.63, 3.8) is 0 Å². The molecule has 0 fully saturated rings. The van der Waals surface area contributed by atoms with Crippen LogP contribution in [0.2, 0.25) is 0 Å². The van der Waals surface area contributed by atoms with Crippen molar-refractivity contribution in [3.8, 4) is 0 Å². The fraction of sp³-hybridized carbons (Fsp3) is 0.440. The first kappa shape index (κ1) is 24.4. The highest BCUT2D eigenvalue weighted by Crippen LogP contribution is 2.12. The molecule has 0 aliphatic rings. The van der Waals surface area contributed by atoms with Gasteiger partial charge in [0.2, 0.25) is 11.8 Å². The Balaban J connectivity index is 2.10. The van der Waals surface area contributed by atoms with Gasteiger partial charge in [-0.15, -0.1) is 6.58 Å². The Bertz CT molecular complexity index is 816. The molecule has 0 saturated carbocycles. The number of hydrogen-bond donors (Lipinski definition) is 0. The summed E-state index contributed by atoms with van der Waals surface area (Å²) in [6.07, 6.45) is 5.91. The summed E-state index contributed by atoms with van der Waals surface area (Å²) in [5.74, 6) is -0.0922. The molecule has 0 atom stereocenters. The average Bonchev–Trinajstić information content (AvgIpc) is 3.21. The zero-order valence-corrected chi connectivity index (χ0v) is 18.8. The van der Waals surface area contributed by atoms with Crippen molar-refractivity contribution in [1.29, 1.82) is 0 Å². The van der Waals surface area contributed by atoms with E-state index in [0.29, 0.717) is 32.7 Å². The van der Waals surface area contributed by atoms with Gasteiger partial charge in [-0.1, -0.05) is 49.8 Å². The van der Waals surface area contributed by atoms with E-state index < -0.39 is 0 Å². The molecule has 0 N–H and O–H groups in total. The molecule has 168 valence electrons.